The molecule has 0 saturated carbocycles. The van der Waals surface area contributed by atoms with Gasteiger partial charge in [0.05, 0.1) is 5.69 Å². The standard InChI is InChI=1S/C15H13F2NO/c1-8-5-11(6-9(2)14(8)17)15(19)10-3-4-12(16)13(18)7-10/h3-7H,18H2,1-2H3. The molecule has 0 aliphatic carbocycles. The van der Waals surface area contributed by atoms with Gasteiger partial charge in [0.2, 0.25) is 0 Å². The van der Waals surface area contributed by atoms with Crippen LogP contribution in [0, 0.1) is 25.5 Å². The van der Waals surface area contributed by atoms with Crippen molar-refractivity contribution < 1.29 is 13.6 Å². The van der Waals surface area contributed by atoms with Gasteiger partial charge in [0.1, 0.15) is 11.6 Å². The Hall–Kier alpha value is -2.23. The van der Waals surface area contributed by atoms with Crippen molar-refractivity contribution >= 4 is 11.5 Å². The molecule has 0 spiro atoms. The lowest BCUT2D eigenvalue weighted by molar-refractivity contribution is 0.103. The number of nitrogen functional groups attached to an aromatic ring is 1. The summed E-state index contributed by atoms with van der Waals surface area (Å²) in [6.07, 6.45) is 0. The van der Waals surface area contributed by atoms with Gasteiger partial charge in [-0.15, -0.1) is 0 Å². The van der Waals surface area contributed by atoms with Crippen molar-refractivity contribution in [1.82, 2.24) is 0 Å². The van der Waals surface area contributed by atoms with Crippen LogP contribution in [-0.4, -0.2) is 5.78 Å². The lowest BCUT2D eigenvalue weighted by atomic mass is 9.98. The summed E-state index contributed by atoms with van der Waals surface area (Å²) in [4.78, 5) is 12.2. The molecule has 0 fully saturated rings. The normalized spacial score (nSPS) is 10.5. The fourth-order valence-electron chi connectivity index (χ4n) is 1.93. The molecule has 0 aromatic heterocycles. The fourth-order valence-corrected chi connectivity index (χ4v) is 1.93. The lowest BCUT2D eigenvalue weighted by Crippen LogP contribution is -2.05. The van der Waals surface area contributed by atoms with Gasteiger partial charge in [-0.2, -0.15) is 0 Å². The minimum atomic E-state index is -0.567. The molecule has 2 nitrogen and oxygen atoms in total. The summed E-state index contributed by atoms with van der Waals surface area (Å²) in [5, 5.41) is 0. The summed E-state index contributed by atoms with van der Waals surface area (Å²) < 4.78 is 26.6. The Kier molecular flexibility index (Phi) is 3.34. The van der Waals surface area contributed by atoms with Gasteiger partial charge >= 0.3 is 0 Å². The molecule has 2 aromatic rings. The number of carbonyl (C=O) groups is 1. The zero-order valence-corrected chi connectivity index (χ0v) is 10.6. The first kappa shape index (κ1) is 13.2. The van der Waals surface area contributed by atoms with E-state index in [0.717, 1.165) is 6.07 Å². The van der Waals surface area contributed by atoms with Crippen molar-refractivity contribution in [2.24, 2.45) is 0 Å². The number of aryl methyl sites for hydroxylation is 2. The van der Waals surface area contributed by atoms with Crippen molar-refractivity contribution in [3.05, 3.63) is 64.2 Å². The Bertz CT molecular complexity index is 642. The monoisotopic (exact) mass is 261 g/mol. The predicted octanol–water partition coefficient (Wildman–Crippen LogP) is 3.39. The Morgan fingerprint density at radius 1 is 1.00 bits per heavy atom. The molecule has 0 aliphatic heterocycles. The van der Waals surface area contributed by atoms with Crippen LogP contribution in [0.4, 0.5) is 14.5 Å². The number of halogens is 2. The zero-order chi connectivity index (χ0) is 14.2. The molecule has 4 heteroatoms. The van der Waals surface area contributed by atoms with Gasteiger partial charge in [-0.3, -0.25) is 4.79 Å². The van der Waals surface area contributed by atoms with E-state index in [-0.39, 0.29) is 22.9 Å². The molecule has 19 heavy (non-hydrogen) atoms. The second-order valence-electron chi connectivity index (χ2n) is 4.49. The van der Waals surface area contributed by atoms with E-state index < -0.39 is 5.82 Å². The predicted molar refractivity (Wildman–Crippen MR) is 70.1 cm³/mol. The average molecular weight is 261 g/mol. The lowest BCUT2D eigenvalue weighted by Gasteiger charge is -2.07. The maximum absolute atomic E-state index is 13.5. The molecule has 98 valence electrons. The van der Waals surface area contributed by atoms with E-state index in [0.29, 0.717) is 16.7 Å². The van der Waals surface area contributed by atoms with Gasteiger partial charge in [-0.25, -0.2) is 8.78 Å². The molecule has 2 rings (SSSR count). The van der Waals surface area contributed by atoms with Gasteiger partial charge < -0.3 is 5.73 Å². The van der Waals surface area contributed by atoms with E-state index >= 15 is 0 Å². The Morgan fingerprint density at radius 3 is 2.11 bits per heavy atom. The van der Waals surface area contributed by atoms with Crippen LogP contribution in [0.25, 0.3) is 0 Å². The molecule has 2 aromatic carbocycles. The summed E-state index contributed by atoms with van der Waals surface area (Å²) >= 11 is 0. The summed E-state index contributed by atoms with van der Waals surface area (Å²) in [5.41, 5.74) is 6.80. The SMILES string of the molecule is Cc1cc(C(=O)c2ccc(F)c(N)c2)cc(C)c1F. The number of hydrogen-bond acceptors (Lipinski definition) is 2. The van der Waals surface area contributed by atoms with Crippen LogP contribution in [0.5, 0.6) is 0 Å². The second kappa shape index (κ2) is 4.80. The third kappa shape index (κ3) is 2.47. The number of hydrogen-bond donors (Lipinski definition) is 1. The van der Waals surface area contributed by atoms with Crippen molar-refractivity contribution in [3.63, 3.8) is 0 Å². The minimum absolute atomic E-state index is 0.0820. The third-order valence-corrected chi connectivity index (χ3v) is 2.96. The van der Waals surface area contributed by atoms with Crippen LogP contribution in [0.15, 0.2) is 30.3 Å². The molecule has 2 N–H and O–H groups in total. The van der Waals surface area contributed by atoms with E-state index in [1.807, 2.05) is 0 Å². The number of rotatable bonds is 2. The van der Waals surface area contributed by atoms with Gasteiger partial charge in [-0.05, 0) is 55.3 Å². The van der Waals surface area contributed by atoms with Gasteiger partial charge in [0.25, 0.3) is 0 Å². The maximum Gasteiger partial charge on any atom is 0.193 e. The van der Waals surface area contributed by atoms with Crippen molar-refractivity contribution in [1.29, 1.82) is 0 Å². The topological polar surface area (TPSA) is 43.1 Å². The molecule has 0 bridgehead atoms. The highest BCUT2D eigenvalue weighted by Gasteiger charge is 2.14. The average Bonchev–Trinajstić information content (AvgIpc) is 2.37. The smallest absolute Gasteiger partial charge is 0.193 e. The van der Waals surface area contributed by atoms with Crippen molar-refractivity contribution in [2.75, 3.05) is 5.73 Å². The highest BCUT2D eigenvalue weighted by molar-refractivity contribution is 6.09. The molecule has 0 heterocycles. The number of nitrogens with two attached hydrogens (primary N) is 1. The summed E-state index contributed by atoms with van der Waals surface area (Å²) in [5.74, 6) is -1.20. The quantitative estimate of drug-likeness (QED) is 0.665. The number of benzene rings is 2. The van der Waals surface area contributed by atoms with Crippen molar-refractivity contribution in [2.45, 2.75) is 13.8 Å². The maximum atomic E-state index is 13.5. The molecular formula is C15H13F2NO. The fraction of sp³-hybridized carbons (Fsp3) is 0.133. The van der Waals surface area contributed by atoms with Gasteiger partial charge in [0, 0.05) is 11.1 Å². The van der Waals surface area contributed by atoms with E-state index in [9.17, 15) is 13.6 Å². The van der Waals surface area contributed by atoms with E-state index in [2.05, 4.69) is 0 Å². The molecule has 0 amide bonds. The highest BCUT2D eigenvalue weighted by atomic mass is 19.1. The van der Waals surface area contributed by atoms with Crippen LogP contribution in [-0.2, 0) is 0 Å². The largest absolute Gasteiger partial charge is 0.396 e. The van der Waals surface area contributed by atoms with Crippen LogP contribution in [0.2, 0.25) is 0 Å². The number of anilines is 1. The summed E-state index contributed by atoms with van der Waals surface area (Å²) in [6, 6.07) is 6.74. The summed E-state index contributed by atoms with van der Waals surface area (Å²) in [6.45, 7) is 3.19. The molecule has 0 aliphatic rings. The molecule has 0 atom stereocenters. The first-order chi connectivity index (χ1) is 8.90. The van der Waals surface area contributed by atoms with Crippen LogP contribution >= 0.6 is 0 Å². The Labute approximate surface area is 109 Å². The molecule has 0 saturated heterocycles. The summed E-state index contributed by atoms with van der Waals surface area (Å²) in [7, 11) is 0. The van der Waals surface area contributed by atoms with E-state index in [1.165, 1.54) is 24.3 Å². The third-order valence-electron chi connectivity index (χ3n) is 2.96. The van der Waals surface area contributed by atoms with Crippen molar-refractivity contribution in [3.8, 4) is 0 Å². The van der Waals surface area contributed by atoms with Crippen LogP contribution in [0.3, 0.4) is 0 Å². The van der Waals surface area contributed by atoms with E-state index in [1.54, 1.807) is 13.8 Å². The Balaban J connectivity index is 2.47. The Morgan fingerprint density at radius 2 is 1.58 bits per heavy atom. The molecular weight excluding hydrogens is 248 g/mol. The minimum Gasteiger partial charge on any atom is -0.396 e. The second-order valence-corrected chi connectivity index (χ2v) is 4.49. The van der Waals surface area contributed by atoms with Gasteiger partial charge in [0.15, 0.2) is 5.78 Å². The van der Waals surface area contributed by atoms with Crippen LogP contribution in [0.1, 0.15) is 27.0 Å². The van der Waals surface area contributed by atoms with E-state index in [4.69, 9.17) is 5.73 Å². The number of ketones is 1. The molecule has 0 unspecified atom stereocenters. The first-order valence-corrected chi connectivity index (χ1v) is 5.76. The highest BCUT2D eigenvalue weighted by Crippen LogP contribution is 2.20. The van der Waals surface area contributed by atoms with Gasteiger partial charge in [-0.1, -0.05) is 0 Å². The molecule has 0 radical (unpaired) electrons. The zero-order valence-electron chi connectivity index (χ0n) is 10.6. The first-order valence-electron chi connectivity index (χ1n) is 5.76. The number of carbonyl (C=O) groups excluding carboxylic acids is 1. The van der Waals surface area contributed by atoms with Crippen LogP contribution < -0.4 is 5.73 Å².